The summed E-state index contributed by atoms with van der Waals surface area (Å²) in [6.07, 6.45) is 0. The fraction of sp³-hybridized carbons (Fsp3) is 0.133. The molecule has 3 nitrogen and oxygen atoms in total. The molecule has 2 N–H and O–H groups in total. The number of aryl methyl sites for hydroxylation is 1. The maximum atomic E-state index is 13.0. The molecule has 2 rings (SSSR count). The minimum atomic E-state index is -0.490. The molecule has 1 amide bonds. The van der Waals surface area contributed by atoms with E-state index in [0.29, 0.717) is 11.4 Å². The fourth-order valence-electron chi connectivity index (χ4n) is 1.66. The molecule has 0 spiro atoms. The molecular formula is C15H13BrClFN2O. The molecule has 0 atom stereocenters. The molecule has 0 bridgehead atoms. The lowest BCUT2D eigenvalue weighted by atomic mass is 10.2. The van der Waals surface area contributed by atoms with Crippen LogP contribution in [0.5, 0.6) is 0 Å². The van der Waals surface area contributed by atoms with Gasteiger partial charge in [0.05, 0.1) is 11.6 Å². The molecule has 2 aromatic carbocycles. The molecule has 110 valence electrons. The molecule has 2 aromatic rings. The van der Waals surface area contributed by atoms with Gasteiger partial charge in [-0.2, -0.15) is 0 Å². The van der Waals surface area contributed by atoms with Gasteiger partial charge >= 0.3 is 0 Å². The highest BCUT2D eigenvalue weighted by atomic mass is 79.9. The van der Waals surface area contributed by atoms with Crippen LogP contribution >= 0.6 is 27.5 Å². The Morgan fingerprint density at radius 2 is 1.95 bits per heavy atom. The largest absolute Gasteiger partial charge is 0.376 e. The number of nitrogens with one attached hydrogen (secondary N) is 2. The number of anilines is 2. The first kappa shape index (κ1) is 15.8. The van der Waals surface area contributed by atoms with Gasteiger partial charge in [-0.3, -0.25) is 4.79 Å². The Labute approximate surface area is 135 Å². The van der Waals surface area contributed by atoms with E-state index in [1.807, 2.05) is 25.1 Å². The van der Waals surface area contributed by atoms with Crippen LogP contribution in [0, 0.1) is 12.7 Å². The van der Waals surface area contributed by atoms with E-state index in [1.165, 1.54) is 18.2 Å². The van der Waals surface area contributed by atoms with Gasteiger partial charge in [0.15, 0.2) is 0 Å². The van der Waals surface area contributed by atoms with Crippen molar-refractivity contribution in [1.29, 1.82) is 0 Å². The number of carbonyl (C=O) groups excluding carboxylic acids is 1. The van der Waals surface area contributed by atoms with Gasteiger partial charge in [0.25, 0.3) is 0 Å². The van der Waals surface area contributed by atoms with Crippen LogP contribution in [0.3, 0.4) is 0 Å². The highest BCUT2D eigenvalue weighted by Crippen LogP contribution is 2.21. The molecule has 0 aromatic heterocycles. The van der Waals surface area contributed by atoms with Gasteiger partial charge in [0.2, 0.25) is 5.91 Å². The highest BCUT2D eigenvalue weighted by molar-refractivity contribution is 9.10. The first-order valence-electron chi connectivity index (χ1n) is 6.20. The second-order valence-corrected chi connectivity index (χ2v) is 5.76. The van der Waals surface area contributed by atoms with E-state index in [2.05, 4.69) is 26.6 Å². The molecule has 21 heavy (non-hydrogen) atoms. The van der Waals surface area contributed by atoms with Crippen LogP contribution < -0.4 is 10.6 Å². The van der Waals surface area contributed by atoms with E-state index in [4.69, 9.17) is 11.6 Å². The van der Waals surface area contributed by atoms with Crippen LogP contribution in [-0.4, -0.2) is 12.5 Å². The summed E-state index contributed by atoms with van der Waals surface area (Å²) >= 11 is 9.08. The topological polar surface area (TPSA) is 41.1 Å². The number of rotatable bonds is 4. The van der Waals surface area contributed by atoms with Crippen LogP contribution in [0.4, 0.5) is 15.8 Å². The van der Waals surface area contributed by atoms with E-state index in [0.717, 1.165) is 10.0 Å². The molecule has 0 fully saturated rings. The van der Waals surface area contributed by atoms with E-state index in [-0.39, 0.29) is 17.5 Å². The fourth-order valence-corrected chi connectivity index (χ4v) is 2.22. The van der Waals surface area contributed by atoms with Gasteiger partial charge in [-0.25, -0.2) is 4.39 Å². The zero-order valence-corrected chi connectivity index (χ0v) is 13.6. The van der Waals surface area contributed by atoms with E-state index < -0.39 is 5.82 Å². The maximum Gasteiger partial charge on any atom is 0.243 e. The van der Waals surface area contributed by atoms with Crippen LogP contribution in [-0.2, 0) is 4.79 Å². The van der Waals surface area contributed by atoms with Gasteiger partial charge in [-0.1, -0.05) is 33.6 Å². The molecule has 0 heterocycles. The Morgan fingerprint density at radius 3 is 2.62 bits per heavy atom. The second kappa shape index (κ2) is 6.91. The van der Waals surface area contributed by atoms with Gasteiger partial charge in [0, 0.05) is 15.8 Å². The maximum absolute atomic E-state index is 13.0. The predicted molar refractivity (Wildman–Crippen MR) is 87.4 cm³/mol. The summed E-state index contributed by atoms with van der Waals surface area (Å²) in [5.74, 6) is -0.692. The van der Waals surface area contributed by atoms with Crippen molar-refractivity contribution in [3.8, 4) is 0 Å². The third kappa shape index (κ3) is 4.44. The highest BCUT2D eigenvalue weighted by Gasteiger charge is 2.05. The third-order valence-electron chi connectivity index (χ3n) is 2.83. The van der Waals surface area contributed by atoms with E-state index in [9.17, 15) is 9.18 Å². The Bertz CT molecular complexity index is 679. The smallest absolute Gasteiger partial charge is 0.243 e. The Kier molecular flexibility index (Phi) is 5.20. The number of halogens is 3. The average Bonchev–Trinajstić information content (AvgIpc) is 2.44. The minimum absolute atomic E-state index is 0.0165. The number of carbonyl (C=O) groups is 1. The van der Waals surface area contributed by atoms with E-state index in [1.54, 1.807) is 0 Å². The van der Waals surface area contributed by atoms with Gasteiger partial charge < -0.3 is 10.6 Å². The van der Waals surface area contributed by atoms with Crippen molar-refractivity contribution in [2.24, 2.45) is 0 Å². The number of benzene rings is 2. The molecule has 0 saturated carbocycles. The average molecular weight is 372 g/mol. The van der Waals surface area contributed by atoms with Crippen molar-refractivity contribution in [3.63, 3.8) is 0 Å². The van der Waals surface area contributed by atoms with Crippen molar-refractivity contribution < 1.29 is 9.18 Å². The normalized spacial score (nSPS) is 10.3. The van der Waals surface area contributed by atoms with Crippen LogP contribution in [0.15, 0.2) is 40.9 Å². The molecule has 0 aliphatic heterocycles. The standard InChI is InChI=1S/C15H13BrClFN2O/c1-9-2-3-11(6-12(9)16)20-15(21)8-19-10-4-5-14(18)13(17)7-10/h2-7,19H,8H2,1H3,(H,20,21). The molecule has 0 aliphatic rings. The van der Waals surface area contributed by atoms with Crippen LogP contribution in [0.1, 0.15) is 5.56 Å². The van der Waals surface area contributed by atoms with Crippen molar-refractivity contribution >= 4 is 44.8 Å². The zero-order valence-electron chi connectivity index (χ0n) is 11.2. The summed E-state index contributed by atoms with van der Waals surface area (Å²) in [5.41, 5.74) is 2.38. The predicted octanol–water partition coefficient (Wildman–Crippen LogP) is 4.60. The molecular weight excluding hydrogens is 359 g/mol. The Morgan fingerprint density at radius 1 is 1.24 bits per heavy atom. The van der Waals surface area contributed by atoms with Gasteiger partial charge in [-0.05, 0) is 42.8 Å². The van der Waals surface area contributed by atoms with Crippen LogP contribution in [0.2, 0.25) is 5.02 Å². The summed E-state index contributed by atoms with van der Waals surface area (Å²) in [4.78, 5) is 11.8. The summed E-state index contributed by atoms with van der Waals surface area (Å²) in [6.45, 7) is 2.03. The Hall–Kier alpha value is -1.59. The first-order valence-corrected chi connectivity index (χ1v) is 7.38. The summed E-state index contributed by atoms with van der Waals surface area (Å²) < 4.78 is 13.9. The molecule has 0 saturated heterocycles. The van der Waals surface area contributed by atoms with Crippen molar-refractivity contribution in [1.82, 2.24) is 0 Å². The van der Waals surface area contributed by atoms with Gasteiger partial charge in [0.1, 0.15) is 5.82 Å². The summed E-state index contributed by atoms with van der Waals surface area (Å²) in [5, 5.41) is 5.67. The monoisotopic (exact) mass is 370 g/mol. The van der Waals surface area contributed by atoms with Crippen LogP contribution in [0.25, 0.3) is 0 Å². The lowest BCUT2D eigenvalue weighted by molar-refractivity contribution is -0.114. The minimum Gasteiger partial charge on any atom is -0.376 e. The quantitative estimate of drug-likeness (QED) is 0.824. The third-order valence-corrected chi connectivity index (χ3v) is 3.97. The van der Waals surface area contributed by atoms with Crippen molar-refractivity contribution in [2.45, 2.75) is 6.92 Å². The number of amides is 1. The van der Waals surface area contributed by atoms with Gasteiger partial charge in [-0.15, -0.1) is 0 Å². The second-order valence-electron chi connectivity index (χ2n) is 4.49. The van der Waals surface area contributed by atoms with Crippen molar-refractivity contribution in [2.75, 3.05) is 17.2 Å². The molecule has 6 heteroatoms. The summed E-state index contributed by atoms with van der Waals surface area (Å²) in [6, 6.07) is 9.78. The summed E-state index contributed by atoms with van der Waals surface area (Å²) in [7, 11) is 0. The number of hydrogen-bond donors (Lipinski definition) is 2. The molecule has 0 aliphatic carbocycles. The van der Waals surface area contributed by atoms with E-state index >= 15 is 0 Å². The molecule has 0 unspecified atom stereocenters. The first-order chi connectivity index (χ1) is 9.95. The molecule has 0 radical (unpaired) electrons. The SMILES string of the molecule is Cc1ccc(NC(=O)CNc2ccc(F)c(Cl)c2)cc1Br. The zero-order chi connectivity index (χ0) is 15.4. The van der Waals surface area contributed by atoms with Crippen molar-refractivity contribution in [3.05, 3.63) is 57.3 Å². The lowest BCUT2D eigenvalue weighted by Gasteiger charge is -2.09. The number of hydrogen-bond acceptors (Lipinski definition) is 2. The lowest BCUT2D eigenvalue weighted by Crippen LogP contribution is -2.21. The Balaban J connectivity index is 1.92.